The SMILES string of the molecule is CC(C(=O)O)C(=O)Nc1cccc2c1N=[Se]=N2. The van der Waals surface area contributed by atoms with Crippen LogP contribution in [0.25, 0.3) is 0 Å². The fourth-order valence-electron chi connectivity index (χ4n) is 1.26. The average Bonchev–Trinajstić information content (AvgIpc) is 2.76. The third kappa shape index (κ3) is 2.35. The molecule has 1 amide bonds. The Kier molecular flexibility index (Phi) is 3.21. The second-order valence-corrected chi connectivity index (χ2v) is 4.60. The number of aliphatic carboxylic acids is 1. The molecular weight excluding hydrogens is 289 g/mol. The Hall–Kier alpha value is -1.72. The third-order valence-corrected chi connectivity index (χ3v) is 3.45. The molecule has 7 heteroatoms. The summed E-state index contributed by atoms with van der Waals surface area (Å²) >= 11 is -0.179. The number of carbonyl (C=O) groups is 2. The van der Waals surface area contributed by atoms with E-state index in [0.29, 0.717) is 11.4 Å². The van der Waals surface area contributed by atoms with Crippen LogP contribution in [-0.4, -0.2) is 31.6 Å². The molecule has 1 aromatic carbocycles. The van der Waals surface area contributed by atoms with Crippen molar-refractivity contribution in [1.29, 1.82) is 0 Å². The zero-order valence-electron chi connectivity index (χ0n) is 8.88. The molecule has 1 atom stereocenters. The van der Waals surface area contributed by atoms with E-state index in [4.69, 9.17) is 5.11 Å². The number of hydrogen-bond donors (Lipinski definition) is 2. The molecule has 1 heterocycles. The Bertz CT molecular complexity index is 564. The van der Waals surface area contributed by atoms with Gasteiger partial charge in [-0.05, 0) is 0 Å². The van der Waals surface area contributed by atoms with E-state index in [0.717, 1.165) is 5.69 Å². The molecule has 2 rings (SSSR count). The Balaban J connectivity index is 2.21. The number of carboxylic acid groups (broad SMARTS) is 1. The summed E-state index contributed by atoms with van der Waals surface area (Å²) in [6.07, 6.45) is 0. The molecule has 1 aliphatic heterocycles. The summed E-state index contributed by atoms with van der Waals surface area (Å²) in [4.78, 5) is 22.3. The Morgan fingerprint density at radius 1 is 1.41 bits per heavy atom. The second kappa shape index (κ2) is 4.65. The Morgan fingerprint density at radius 2 is 2.18 bits per heavy atom. The van der Waals surface area contributed by atoms with Crippen molar-refractivity contribution >= 4 is 43.5 Å². The predicted molar refractivity (Wildman–Crippen MR) is 61.8 cm³/mol. The number of nitrogens with one attached hydrogen (secondary N) is 1. The number of hydrogen-bond acceptors (Lipinski definition) is 4. The van der Waals surface area contributed by atoms with Crippen LogP contribution in [0.4, 0.5) is 17.1 Å². The zero-order chi connectivity index (χ0) is 12.4. The number of nitrogens with zero attached hydrogens (tertiary/aromatic N) is 2. The summed E-state index contributed by atoms with van der Waals surface area (Å²) in [5.74, 6) is -2.80. The van der Waals surface area contributed by atoms with Gasteiger partial charge in [-0.2, -0.15) is 0 Å². The van der Waals surface area contributed by atoms with E-state index < -0.39 is 17.8 Å². The monoisotopic (exact) mass is 299 g/mol. The third-order valence-electron chi connectivity index (χ3n) is 2.31. The van der Waals surface area contributed by atoms with Crippen molar-refractivity contribution in [2.75, 3.05) is 5.32 Å². The van der Waals surface area contributed by atoms with E-state index in [2.05, 4.69) is 13.2 Å². The topological polar surface area (TPSA) is 91.1 Å². The van der Waals surface area contributed by atoms with Gasteiger partial charge >= 0.3 is 102 Å². The van der Waals surface area contributed by atoms with Gasteiger partial charge in [-0.3, -0.25) is 0 Å². The zero-order valence-corrected chi connectivity index (χ0v) is 10.6. The normalized spacial score (nSPS) is 13.7. The van der Waals surface area contributed by atoms with Gasteiger partial charge in [-0.15, -0.1) is 0 Å². The molecule has 0 aliphatic carbocycles. The molecule has 0 saturated heterocycles. The van der Waals surface area contributed by atoms with Crippen LogP contribution in [0, 0.1) is 5.92 Å². The number of benzene rings is 1. The van der Waals surface area contributed by atoms with Crippen molar-refractivity contribution in [3.05, 3.63) is 18.2 Å². The number of fused-ring (bicyclic) bond motifs is 1. The van der Waals surface area contributed by atoms with Crippen LogP contribution >= 0.6 is 0 Å². The van der Waals surface area contributed by atoms with Gasteiger partial charge in [0.05, 0.1) is 0 Å². The van der Waals surface area contributed by atoms with Crippen molar-refractivity contribution in [3.63, 3.8) is 0 Å². The molecule has 6 nitrogen and oxygen atoms in total. The standard InChI is InChI=1S/C10H9N3O3Se/c1-5(10(15)16)9(14)11-6-3-2-4-7-8(6)13-17-12-7/h2-5H,1H3,(H,11,14)(H,15,16). The molecule has 1 aromatic rings. The van der Waals surface area contributed by atoms with Gasteiger partial charge < -0.3 is 0 Å². The van der Waals surface area contributed by atoms with E-state index in [1.807, 2.05) is 6.07 Å². The molecule has 0 bridgehead atoms. The quantitative estimate of drug-likeness (QED) is 0.667. The summed E-state index contributed by atoms with van der Waals surface area (Å²) < 4.78 is 8.37. The van der Waals surface area contributed by atoms with Crippen LogP contribution in [0.1, 0.15) is 6.92 Å². The fraction of sp³-hybridized carbons (Fsp3) is 0.200. The first-order valence-corrected chi connectivity index (χ1v) is 6.38. The second-order valence-electron chi connectivity index (χ2n) is 3.49. The van der Waals surface area contributed by atoms with Gasteiger partial charge in [-0.25, -0.2) is 0 Å². The molecule has 0 spiro atoms. The van der Waals surface area contributed by atoms with Crippen LogP contribution in [0.5, 0.6) is 0 Å². The van der Waals surface area contributed by atoms with Crippen molar-refractivity contribution < 1.29 is 14.7 Å². The maximum atomic E-state index is 11.6. The van der Waals surface area contributed by atoms with E-state index in [9.17, 15) is 9.59 Å². The van der Waals surface area contributed by atoms with Crippen LogP contribution in [-0.2, 0) is 9.59 Å². The Morgan fingerprint density at radius 3 is 2.88 bits per heavy atom. The predicted octanol–water partition coefficient (Wildman–Crippen LogP) is 1.69. The molecule has 2 N–H and O–H groups in total. The first-order chi connectivity index (χ1) is 8.09. The van der Waals surface area contributed by atoms with Crippen LogP contribution in [0.15, 0.2) is 26.1 Å². The molecule has 0 fully saturated rings. The minimum atomic E-state index is -1.15. The van der Waals surface area contributed by atoms with E-state index in [1.165, 1.54) is 6.92 Å². The molecule has 1 unspecified atom stereocenters. The van der Waals surface area contributed by atoms with Gasteiger partial charge in [0.1, 0.15) is 0 Å². The number of amides is 1. The minimum absolute atomic E-state index is 0.179. The fourth-order valence-corrected chi connectivity index (χ4v) is 2.41. The van der Waals surface area contributed by atoms with Gasteiger partial charge in [0, 0.05) is 0 Å². The van der Waals surface area contributed by atoms with Crippen molar-refractivity contribution in [2.45, 2.75) is 6.92 Å². The number of carboxylic acids is 1. The van der Waals surface area contributed by atoms with E-state index in [1.54, 1.807) is 12.1 Å². The van der Waals surface area contributed by atoms with Crippen molar-refractivity contribution in [2.24, 2.45) is 13.8 Å². The van der Waals surface area contributed by atoms with Gasteiger partial charge in [0.15, 0.2) is 0 Å². The number of carbonyl (C=O) groups excluding carboxylic acids is 1. The molecule has 17 heavy (non-hydrogen) atoms. The van der Waals surface area contributed by atoms with Gasteiger partial charge in [0.25, 0.3) is 0 Å². The number of anilines is 1. The molecule has 0 saturated carbocycles. The van der Waals surface area contributed by atoms with Crippen LogP contribution < -0.4 is 5.32 Å². The van der Waals surface area contributed by atoms with Gasteiger partial charge in [0.2, 0.25) is 0 Å². The summed E-state index contributed by atoms with van der Waals surface area (Å²) in [5, 5.41) is 11.3. The van der Waals surface area contributed by atoms with E-state index >= 15 is 0 Å². The Labute approximate surface area is 103 Å². The van der Waals surface area contributed by atoms with Crippen molar-refractivity contribution in [1.82, 2.24) is 0 Å². The van der Waals surface area contributed by atoms with Crippen LogP contribution in [0.2, 0.25) is 0 Å². The van der Waals surface area contributed by atoms with Gasteiger partial charge in [-0.1, -0.05) is 0 Å². The first-order valence-electron chi connectivity index (χ1n) is 4.84. The molecule has 88 valence electrons. The first kappa shape index (κ1) is 11.8. The van der Waals surface area contributed by atoms with Crippen LogP contribution in [0.3, 0.4) is 0 Å². The average molecular weight is 298 g/mol. The molecule has 0 radical (unpaired) electrons. The molecule has 1 aliphatic rings. The summed E-state index contributed by atoms with van der Waals surface area (Å²) in [6.45, 7) is 1.34. The molecular formula is C10H9N3O3Se. The van der Waals surface area contributed by atoms with Crippen molar-refractivity contribution in [3.8, 4) is 0 Å². The maximum absolute atomic E-state index is 11.6. The van der Waals surface area contributed by atoms with E-state index in [-0.39, 0.29) is 14.6 Å². The summed E-state index contributed by atoms with van der Waals surface area (Å²) in [5.41, 5.74) is 1.90. The summed E-state index contributed by atoms with van der Waals surface area (Å²) in [7, 11) is 0. The summed E-state index contributed by atoms with van der Waals surface area (Å²) in [6, 6.07) is 5.25. The molecule has 0 aromatic heterocycles. The number of rotatable bonds is 3.